The molecule has 0 aromatic heterocycles. The van der Waals surface area contributed by atoms with E-state index < -0.39 is 0 Å². The van der Waals surface area contributed by atoms with Crippen molar-refractivity contribution in [1.29, 1.82) is 0 Å². The predicted octanol–water partition coefficient (Wildman–Crippen LogP) is 2.92. The van der Waals surface area contributed by atoms with E-state index in [4.69, 9.17) is 10.5 Å². The molecule has 80 valence electrons. The zero-order valence-electron chi connectivity index (χ0n) is 8.69. The zero-order valence-corrected chi connectivity index (χ0v) is 9.51. The third kappa shape index (κ3) is 3.56. The van der Waals surface area contributed by atoms with Crippen LogP contribution in [0.1, 0.15) is 31.9 Å². The quantitative estimate of drug-likeness (QED) is 0.838. The molecule has 0 saturated carbocycles. The van der Waals surface area contributed by atoms with Crippen LogP contribution < -0.4 is 10.5 Å². The van der Waals surface area contributed by atoms with E-state index in [2.05, 4.69) is 6.92 Å². The lowest BCUT2D eigenvalue weighted by atomic mass is 10.1. The van der Waals surface area contributed by atoms with Crippen molar-refractivity contribution in [2.45, 2.75) is 26.3 Å². The van der Waals surface area contributed by atoms with Gasteiger partial charge in [0.05, 0.1) is 6.61 Å². The van der Waals surface area contributed by atoms with Crippen LogP contribution in [0, 0.1) is 0 Å². The monoisotopic (exact) mass is 215 g/mol. The van der Waals surface area contributed by atoms with Gasteiger partial charge in [-0.1, -0.05) is 19.1 Å². The summed E-state index contributed by atoms with van der Waals surface area (Å²) in [4.78, 5) is 0. The average molecular weight is 216 g/mol. The largest absolute Gasteiger partial charge is 0.494 e. The van der Waals surface area contributed by atoms with Gasteiger partial charge in [0.15, 0.2) is 0 Å². The Balaban J connectivity index is 0.00000169. The van der Waals surface area contributed by atoms with Gasteiger partial charge in [-0.05, 0) is 31.0 Å². The molecular formula is C11H18ClNO. The van der Waals surface area contributed by atoms with Crippen molar-refractivity contribution in [3.8, 4) is 5.75 Å². The van der Waals surface area contributed by atoms with E-state index in [9.17, 15) is 0 Å². The van der Waals surface area contributed by atoms with Gasteiger partial charge in [-0.15, -0.1) is 12.4 Å². The topological polar surface area (TPSA) is 35.2 Å². The van der Waals surface area contributed by atoms with Crippen LogP contribution in [0.15, 0.2) is 24.3 Å². The third-order valence-electron chi connectivity index (χ3n) is 2.06. The van der Waals surface area contributed by atoms with E-state index in [1.165, 1.54) is 5.56 Å². The molecule has 0 fully saturated rings. The fraction of sp³-hybridized carbons (Fsp3) is 0.455. The van der Waals surface area contributed by atoms with Crippen LogP contribution in [0.2, 0.25) is 0 Å². The molecule has 0 aliphatic heterocycles. The van der Waals surface area contributed by atoms with E-state index >= 15 is 0 Å². The standard InChI is InChI=1S/C11H17NO.ClH/c1-3-11(12)9-5-7-10(8-6-9)13-4-2;/h5-8,11H,3-4,12H2,1-2H3;1H. The number of hydrogen-bond acceptors (Lipinski definition) is 2. The summed E-state index contributed by atoms with van der Waals surface area (Å²) in [6.07, 6.45) is 0.966. The van der Waals surface area contributed by atoms with Gasteiger partial charge >= 0.3 is 0 Å². The Hall–Kier alpha value is -0.730. The Morgan fingerprint density at radius 2 is 1.79 bits per heavy atom. The highest BCUT2D eigenvalue weighted by molar-refractivity contribution is 5.85. The van der Waals surface area contributed by atoms with Crippen LogP contribution in [-0.4, -0.2) is 6.61 Å². The van der Waals surface area contributed by atoms with Crippen molar-refractivity contribution in [2.75, 3.05) is 6.61 Å². The molecule has 0 aliphatic rings. The number of rotatable bonds is 4. The molecule has 0 aliphatic carbocycles. The van der Waals surface area contributed by atoms with Crippen LogP contribution in [0.25, 0.3) is 0 Å². The molecule has 2 nitrogen and oxygen atoms in total. The fourth-order valence-electron chi connectivity index (χ4n) is 1.21. The minimum Gasteiger partial charge on any atom is -0.494 e. The molecular weight excluding hydrogens is 198 g/mol. The predicted molar refractivity (Wildman–Crippen MR) is 62.1 cm³/mol. The normalized spacial score (nSPS) is 11.6. The summed E-state index contributed by atoms with van der Waals surface area (Å²) in [6, 6.07) is 8.14. The van der Waals surface area contributed by atoms with E-state index in [0.717, 1.165) is 12.2 Å². The first-order valence-corrected chi connectivity index (χ1v) is 4.76. The van der Waals surface area contributed by atoms with Gasteiger partial charge in [0, 0.05) is 6.04 Å². The second-order valence-electron chi connectivity index (χ2n) is 3.02. The number of halogens is 1. The molecule has 3 heteroatoms. The molecule has 1 atom stereocenters. The van der Waals surface area contributed by atoms with Gasteiger partial charge in [0.2, 0.25) is 0 Å². The van der Waals surface area contributed by atoms with E-state index in [1.54, 1.807) is 0 Å². The van der Waals surface area contributed by atoms with Gasteiger partial charge < -0.3 is 10.5 Å². The lowest BCUT2D eigenvalue weighted by Gasteiger charge is -2.09. The minimum absolute atomic E-state index is 0. The first-order chi connectivity index (χ1) is 6.27. The zero-order chi connectivity index (χ0) is 9.68. The smallest absolute Gasteiger partial charge is 0.119 e. The van der Waals surface area contributed by atoms with E-state index in [0.29, 0.717) is 6.61 Å². The van der Waals surface area contributed by atoms with Crippen molar-refractivity contribution in [3.05, 3.63) is 29.8 Å². The van der Waals surface area contributed by atoms with Crippen LogP contribution in [0.4, 0.5) is 0 Å². The lowest BCUT2D eigenvalue weighted by Crippen LogP contribution is -2.08. The highest BCUT2D eigenvalue weighted by Gasteiger charge is 2.02. The summed E-state index contributed by atoms with van der Waals surface area (Å²) in [5, 5.41) is 0. The summed E-state index contributed by atoms with van der Waals surface area (Å²) in [5.74, 6) is 0.912. The Kier molecular flexibility index (Phi) is 6.34. The molecule has 14 heavy (non-hydrogen) atoms. The van der Waals surface area contributed by atoms with Gasteiger partial charge in [-0.2, -0.15) is 0 Å². The maximum atomic E-state index is 5.88. The summed E-state index contributed by atoms with van der Waals surface area (Å²) in [5.41, 5.74) is 7.05. The van der Waals surface area contributed by atoms with Crippen molar-refractivity contribution in [3.63, 3.8) is 0 Å². The Morgan fingerprint density at radius 3 is 2.21 bits per heavy atom. The number of ether oxygens (including phenoxy) is 1. The van der Waals surface area contributed by atoms with Crippen LogP contribution >= 0.6 is 12.4 Å². The number of nitrogens with two attached hydrogens (primary N) is 1. The molecule has 0 heterocycles. The first-order valence-electron chi connectivity index (χ1n) is 4.76. The van der Waals surface area contributed by atoms with Gasteiger partial charge in [0.25, 0.3) is 0 Å². The van der Waals surface area contributed by atoms with E-state index in [1.807, 2.05) is 31.2 Å². The Labute approximate surface area is 91.9 Å². The van der Waals surface area contributed by atoms with Crippen molar-refractivity contribution < 1.29 is 4.74 Å². The van der Waals surface area contributed by atoms with Crippen LogP contribution in [-0.2, 0) is 0 Å². The molecule has 1 rings (SSSR count). The molecule has 0 saturated heterocycles. The molecule has 2 N–H and O–H groups in total. The molecule has 0 bridgehead atoms. The Morgan fingerprint density at radius 1 is 1.21 bits per heavy atom. The lowest BCUT2D eigenvalue weighted by molar-refractivity contribution is 0.340. The molecule has 1 aromatic rings. The molecule has 0 radical (unpaired) electrons. The SMILES string of the molecule is CCOc1ccc(C(N)CC)cc1.Cl. The number of hydrogen-bond donors (Lipinski definition) is 1. The third-order valence-corrected chi connectivity index (χ3v) is 2.06. The van der Waals surface area contributed by atoms with E-state index in [-0.39, 0.29) is 18.4 Å². The van der Waals surface area contributed by atoms with Gasteiger partial charge in [-0.25, -0.2) is 0 Å². The van der Waals surface area contributed by atoms with Crippen LogP contribution in [0.5, 0.6) is 5.75 Å². The fourth-order valence-corrected chi connectivity index (χ4v) is 1.21. The molecule has 0 amide bonds. The summed E-state index contributed by atoms with van der Waals surface area (Å²) < 4.78 is 5.33. The summed E-state index contributed by atoms with van der Waals surface area (Å²) >= 11 is 0. The second kappa shape index (κ2) is 6.68. The maximum absolute atomic E-state index is 5.88. The summed E-state index contributed by atoms with van der Waals surface area (Å²) in [7, 11) is 0. The molecule has 1 aromatic carbocycles. The Bertz CT molecular complexity index is 248. The molecule has 0 spiro atoms. The van der Waals surface area contributed by atoms with Crippen molar-refractivity contribution >= 4 is 12.4 Å². The summed E-state index contributed by atoms with van der Waals surface area (Å²) in [6.45, 7) is 4.77. The second-order valence-corrected chi connectivity index (χ2v) is 3.02. The van der Waals surface area contributed by atoms with Gasteiger partial charge in [-0.3, -0.25) is 0 Å². The highest BCUT2D eigenvalue weighted by Crippen LogP contribution is 2.17. The maximum Gasteiger partial charge on any atom is 0.119 e. The van der Waals surface area contributed by atoms with Crippen LogP contribution in [0.3, 0.4) is 0 Å². The molecule has 1 unspecified atom stereocenters. The minimum atomic E-state index is 0. The highest BCUT2D eigenvalue weighted by atomic mass is 35.5. The average Bonchev–Trinajstić information content (AvgIpc) is 2.18. The number of benzene rings is 1. The van der Waals surface area contributed by atoms with Crippen molar-refractivity contribution in [2.24, 2.45) is 5.73 Å². The van der Waals surface area contributed by atoms with Gasteiger partial charge in [0.1, 0.15) is 5.75 Å². The van der Waals surface area contributed by atoms with Crippen molar-refractivity contribution in [1.82, 2.24) is 0 Å². The first kappa shape index (κ1) is 13.3.